The Bertz CT molecular complexity index is 540. The van der Waals surface area contributed by atoms with Gasteiger partial charge in [-0.25, -0.2) is 13.4 Å². The van der Waals surface area contributed by atoms with Crippen LogP contribution in [0.15, 0.2) is 12.4 Å². The van der Waals surface area contributed by atoms with Crippen LogP contribution in [-0.2, 0) is 21.3 Å². The number of ether oxygens (including phenoxy) is 1. The lowest BCUT2D eigenvalue weighted by Gasteiger charge is -2.36. The Morgan fingerprint density at radius 1 is 1.33 bits per heavy atom. The molecule has 0 radical (unpaired) electrons. The fourth-order valence-electron chi connectivity index (χ4n) is 3.01. The Hall–Kier alpha value is -0.960. The third kappa shape index (κ3) is 3.45. The van der Waals surface area contributed by atoms with Crippen LogP contribution < -0.4 is 0 Å². The van der Waals surface area contributed by atoms with E-state index < -0.39 is 10.0 Å². The predicted molar refractivity (Wildman–Crippen MR) is 78.2 cm³/mol. The highest BCUT2D eigenvalue weighted by molar-refractivity contribution is 7.89. The van der Waals surface area contributed by atoms with Crippen LogP contribution in [0.2, 0.25) is 0 Å². The van der Waals surface area contributed by atoms with E-state index in [1.165, 1.54) is 0 Å². The van der Waals surface area contributed by atoms with Gasteiger partial charge in [-0.05, 0) is 19.4 Å². The van der Waals surface area contributed by atoms with Crippen LogP contribution in [0.1, 0.15) is 18.7 Å². The minimum Gasteiger partial charge on any atom is -0.379 e. The molecule has 1 aromatic rings. The van der Waals surface area contributed by atoms with E-state index in [2.05, 4.69) is 14.9 Å². The first-order chi connectivity index (χ1) is 10.2. The summed E-state index contributed by atoms with van der Waals surface area (Å²) in [5, 5.41) is -0.306. The van der Waals surface area contributed by atoms with Crippen molar-refractivity contribution < 1.29 is 13.2 Å². The van der Waals surface area contributed by atoms with Crippen molar-refractivity contribution in [3.63, 3.8) is 0 Å². The van der Waals surface area contributed by atoms with Crippen molar-refractivity contribution in [3.8, 4) is 0 Å². The molecule has 118 valence electrons. The summed E-state index contributed by atoms with van der Waals surface area (Å²) in [6.07, 6.45) is 5.17. The second-order valence-electron chi connectivity index (χ2n) is 5.59. The molecular weight excluding hydrogens is 292 g/mol. The van der Waals surface area contributed by atoms with Crippen LogP contribution in [0.4, 0.5) is 0 Å². The van der Waals surface area contributed by atoms with Crippen LogP contribution in [0.5, 0.6) is 0 Å². The van der Waals surface area contributed by atoms with Crippen molar-refractivity contribution in [3.05, 3.63) is 18.2 Å². The molecule has 0 amide bonds. The van der Waals surface area contributed by atoms with E-state index in [9.17, 15) is 8.42 Å². The average Bonchev–Trinajstić information content (AvgIpc) is 3.01. The van der Waals surface area contributed by atoms with E-state index in [1.54, 1.807) is 16.7 Å². The lowest BCUT2D eigenvalue weighted by atomic mass is 10.1. The normalized spacial score (nSPS) is 26.0. The number of piperidine rings is 1. The number of aromatic amines is 1. The summed E-state index contributed by atoms with van der Waals surface area (Å²) >= 11 is 0. The number of likely N-dealkylation sites (tertiary alicyclic amines) is 1. The standard InChI is InChI=1S/C13H22N4O3S/c18-21(19,17-6-8-20-9-7-17)12-2-1-5-16(10-12)11-13-14-3-4-15-13/h3-4,12H,1-2,5-11H2,(H,14,15)/t12-/m1/s1. The van der Waals surface area contributed by atoms with Gasteiger partial charge in [0.15, 0.2) is 0 Å². The minimum absolute atomic E-state index is 0.306. The van der Waals surface area contributed by atoms with Crippen LogP contribution in [-0.4, -0.2) is 72.2 Å². The minimum atomic E-state index is -3.22. The summed E-state index contributed by atoms with van der Waals surface area (Å²) < 4.78 is 32.3. The first kappa shape index (κ1) is 15.0. The lowest BCUT2D eigenvalue weighted by molar-refractivity contribution is 0.0719. The summed E-state index contributed by atoms with van der Waals surface area (Å²) in [6.45, 7) is 4.16. The van der Waals surface area contributed by atoms with Crippen molar-refractivity contribution in [1.29, 1.82) is 0 Å². The highest BCUT2D eigenvalue weighted by atomic mass is 32.2. The van der Waals surface area contributed by atoms with Crippen molar-refractivity contribution in [2.75, 3.05) is 39.4 Å². The maximum absolute atomic E-state index is 12.7. The van der Waals surface area contributed by atoms with E-state index in [4.69, 9.17) is 4.74 Å². The van der Waals surface area contributed by atoms with Crippen molar-refractivity contribution >= 4 is 10.0 Å². The largest absolute Gasteiger partial charge is 0.379 e. The summed E-state index contributed by atoms with van der Waals surface area (Å²) in [5.74, 6) is 0.888. The summed E-state index contributed by atoms with van der Waals surface area (Å²) in [7, 11) is -3.22. The lowest BCUT2D eigenvalue weighted by Crippen LogP contribution is -2.50. The fraction of sp³-hybridized carbons (Fsp3) is 0.769. The zero-order valence-electron chi connectivity index (χ0n) is 12.1. The molecule has 8 heteroatoms. The molecule has 0 saturated carbocycles. The van der Waals surface area contributed by atoms with Gasteiger partial charge in [-0.15, -0.1) is 0 Å². The van der Waals surface area contributed by atoms with E-state index >= 15 is 0 Å². The zero-order valence-corrected chi connectivity index (χ0v) is 12.9. The zero-order chi connectivity index (χ0) is 14.7. The molecule has 21 heavy (non-hydrogen) atoms. The summed E-state index contributed by atoms with van der Waals surface area (Å²) in [6, 6.07) is 0. The highest BCUT2D eigenvalue weighted by Crippen LogP contribution is 2.22. The van der Waals surface area contributed by atoms with Gasteiger partial charge in [0.05, 0.1) is 25.0 Å². The first-order valence-electron chi connectivity index (χ1n) is 7.43. The second-order valence-corrected chi connectivity index (χ2v) is 7.80. The van der Waals surface area contributed by atoms with Gasteiger partial charge in [0.1, 0.15) is 5.82 Å². The van der Waals surface area contributed by atoms with Gasteiger partial charge in [-0.2, -0.15) is 4.31 Å². The summed E-state index contributed by atoms with van der Waals surface area (Å²) in [4.78, 5) is 9.46. The maximum atomic E-state index is 12.7. The molecule has 7 nitrogen and oxygen atoms in total. The fourth-order valence-corrected chi connectivity index (χ4v) is 4.95. The van der Waals surface area contributed by atoms with Gasteiger partial charge >= 0.3 is 0 Å². The Morgan fingerprint density at radius 2 is 2.14 bits per heavy atom. The van der Waals surface area contributed by atoms with Gasteiger partial charge in [0.25, 0.3) is 0 Å². The van der Waals surface area contributed by atoms with Gasteiger partial charge in [0, 0.05) is 32.0 Å². The van der Waals surface area contributed by atoms with Crippen molar-refractivity contribution in [1.82, 2.24) is 19.2 Å². The highest BCUT2D eigenvalue weighted by Gasteiger charge is 2.36. The average molecular weight is 314 g/mol. The molecule has 0 aliphatic carbocycles. The van der Waals surface area contributed by atoms with Gasteiger partial charge in [-0.3, -0.25) is 4.90 Å². The molecule has 2 saturated heterocycles. The number of morpholine rings is 1. The van der Waals surface area contributed by atoms with Crippen LogP contribution >= 0.6 is 0 Å². The third-order valence-electron chi connectivity index (χ3n) is 4.14. The third-order valence-corrected chi connectivity index (χ3v) is 6.45. The number of imidazole rings is 1. The molecule has 1 aromatic heterocycles. The quantitative estimate of drug-likeness (QED) is 0.849. The molecule has 2 fully saturated rings. The number of H-pyrrole nitrogens is 1. The topological polar surface area (TPSA) is 78.5 Å². The Morgan fingerprint density at radius 3 is 2.86 bits per heavy atom. The van der Waals surface area contributed by atoms with E-state index in [0.717, 1.165) is 25.2 Å². The van der Waals surface area contributed by atoms with Crippen molar-refractivity contribution in [2.24, 2.45) is 0 Å². The van der Waals surface area contributed by atoms with E-state index in [1.807, 2.05) is 0 Å². The molecule has 0 bridgehead atoms. The van der Waals surface area contributed by atoms with Gasteiger partial charge in [0.2, 0.25) is 10.0 Å². The number of hydrogen-bond donors (Lipinski definition) is 1. The number of nitrogens with zero attached hydrogens (tertiary/aromatic N) is 3. The molecule has 1 N–H and O–H groups in total. The maximum Gasteiger partial charge on any atom is 0.218 e. The van der Waals surface area contributed by atoms with E-state index in [0.29, 0.717) is 39.4 Å². The molecule has 3 rings (SSSR count). The molecule has 0 unspecified atom stereocenters. The monoisotopic (exact) mass is 314 g/mol. The second kappa shape index (κ2) is 6.43. The van der Waals surface area contributed by atoms with E-state index in [-0.39, 0.29) is 5.25 Å². The number of rotatable bonds is 4. The first-order valence-corrected chi connectivity index (χ1v) is 8.94. The molecule has 0 aromatic carbocycles. The Kier molecular flexibility index (Phi) is 4.58. The molecule has 2 aliphatic rings. The number of aromatic nitrogens is 2. The molecular formula is C13H22N4O3S. The smallest absolute Gasteiger partial charge is 0.218 e. The van der Waals surface area contributed by atoms with Crippen LogP contribution in [0.25, 0.3) is 0 Å². The van der Waals surface area contributed by atoms with Crippen LogP contribution in [0, 0.1) is 0 Å². The number of sulfonamides is 1. The molecule has 0 spiro atoms. The molecule has 2 aliphatic heterocycles. The number of nitrogens with one attached hydrogen (secondary N) is 1. The molecule has 1 atom stereocenters. The molecule has 3 heterocycles. The number of hydrogen-bond acceptors (Lipinski definition) is 5. The van der Waals surface area contributed by atoms with Gasteiger partial charge in [-0.1, -0.05) is 0 Å². The Balaban J connectivity index is 1.64. The SMILES string of the molecule is O=S(=O)([C@@H]1CCCN(Cc2ncc[nH]2)C1)N1CCOCC1. The summed E-state index contributed by atoms with van der Waals surface area (Å²) in [5.41, 5.74) is 0. The van der Waals surface area contributed by atoms with Crippen LogP contribution in [0.3, 0.4) is 0 Å². The van der Waals surface area contributed by atoms with Crippen molar-refractivity contribution in [2.45, 2.75) is 24.6 Å². The Labute approximate surface area is 125 Å². The predicted octanol–water partition coefficient (Wildman–Crippen LogP) is 0.0361. The van der Waals surface area contributed by atoms with Gasteiger partial charge < -0.3 is 9.72 Å².